The average Bonchev–Trinajstić information content (AvgIpc) is 0.671. The minimum atomic E-state index is -2.18. The van der Waals surface area contributed by atoms with Crippen molar-refractivity contribution in [2.45, 2.75) is 323 Å². The van der Waals surface area contributed by atoms with E-state index in [1.54, 1.807) is 0 Å². The summed E-state index contributed by atoms with van der Waals surface area (Å²) in [5.74, 6) is -1.40. The molecule has 33 heteroatoms. The summed E-state index contributed by atoms with van der Waals surface area (Å²) in [7, 11) is 0. The number of aliphatic hydroxyl groups excluding tert-OH is 18. The molecular formula is C68H110O33. The summed E-state index contributed by atoms with van der Waals surface area (Å²) in [5.41, 5.74) is -2.99. The van der Waals surface area contributed by atoms with Gasteiger partial charge in [-0.15, -0.1) is 0 Å². The summed E-state index contributed by atoms with van der Waals surface area (Å²) in [5, 5.41) is 200. The van der Waals surface area contributed by atoms with Gasteiger partial charge in [0.05, 0.1) is 57.5 Å². The molecule has 40 atom stereocenters. The van der Waals surface area contributed by atoms with E-state index >= 15 is 4.79 Å². The quantitative estimate of drug-likeness (QED) is 0.0415. The Labute approximate surface area is 584 Å². The van der Waals surface area contributed by atoms with Gasteiger partial charge in [-0.05, 0) is 116 Å². The number of ether oxygens (including phenoxy) is 14. The number of esters is 1. The van der Waals surface area contributed by atoms with E-state index in [0.717, 1.165) is 18.4 Å². The SMILES string of the molecule is C[C@@H]1O[C@H](O[C@@H]2[C@@H](O[C@@H]3O[C@@H](C)[C@H](O[C@@H]4OC[C@@H](O)[C@H](O[C@@H]5OC[C@H](O)[C@H](O)[C@H]5O)[C@H]4O)[C@@H](O[C@@H]4OC[C@H](O)[C@H](O)[C@H]4O)[C@H]3O)[C@H](OC(=O)[C@]34CCC(C)(C)C[C@H]3C3=CCC5[C@@]6(C)CC[C@H](O[C@@H]7O[C@H](CO)[C@@H](O)[C@H](O)[C@H]7O)C(C)(C)C6CC[C@@]5(C)[C@]3(C)C[C@H]4O)OC[C@@H]2O)[C@H](O)[C@H](O)[C@H]1O. The highest BCUT2D eigenvalue weighted by Crippen LogP contribution is 2.76. The van der Waals surface area contributed by atoms with Gasteiger partial charge in [0, 0.05) is 0 Å². The fourth-order valence-corrected chi connectivity index (χ4v) is 19.9. The molecule has 101 heavy (non-hydrogen) atoms. The maximum atomic E-state index is 16.1. The third-order valence-corrected chi connectivity index (χ3v) is 26.1. The van der Waals surface area contributed by atoms with E-state index in [1.165, 1.54) is 13.8 Å². The predicted octanol–water partition coefficient (Wildman–Crippen LogP) is -4.98. The third kappa shape index (κ3) is 13.7. The number of hydrogen-bond donors (Lipinski definition) is 18. The first-order valence-electron chi connectivity index (χ1n) is 35.8. The Morgan fingerprint density at radius 1 is 0.455 bits per heavy atom. The topological polar surface area (TPSA) is 510 Å². The summed E-state index contributed by atoms with van der Waals surface area (Å²) >= 11 is 0. The van der Waals surface area contributed by atoms with Crippen molar-refractivity contribution >= 4 is 5.97 Å². The van der Waals surface area contributed by atoms with Crippen LogP contribution in [0.3, 0.4) is 0 Å². The molecule has 12 aliphatic rings. The van der Waals surface area contributed by atoms with Crippen molar-refractivity contribution in [1.82, 2.24) is 0 Å². The van der Waals surface area contributed by atoms with Gasteiger partial charge in [0.25, 0.3) is 0 Å². The van der Waals surface area contributed by atoms with Crippen LogP contribution in [0.2, 0.25) is 0 Å². The van der Waals surface area contributed by atoms with E-state index in [9.17, 15) is 91.9 Å². The van der Waals surface area contributed by atoms with Crippen LogP contribution in [0.5, 0.6) is 0 Å². The van der Waals surface area contributed by atoms with Crippen LogP contribution < -0.4 is 0 Å². The summed E-state index contributed by atoms with van der Waals surface area (Å²) in [6.45, 7) is 15.2. The molecule has 7 saturated heterocycles. The lowest BCUT2D eigenvalue weighted by atomic mass is 9.33. The van der Waals surface area contributed by atoms with Crippen LogP contribution in [0.15, 0.2) is 11.6 Å². The standard InChI is InChI=1S/C68H110O33/c1-25-38(75)42(79)46(83)58(92-25)98-52-32(73)24-91-61(54(52)100-60-49(86)53(99-56-45(82)40(77)30(71)22-89-56)50(26(2)93-60)96-57-48(85)51(31(72)23-90-57)97-55-44(81)39(76)29(70)21-88-55)101-62(87)68-17-16-63(3,4)18-28(68)27-10-11-35-65(7)14-13-37(95-59-47(84)43(80)41(78)33(20-69)94-59)64(5,6)34(65)12-15-66(35,8)67(27,9)19-36(68)74/h10,25-26,28-61,69-86H,11-24H2,1-9H3/t25-,26-,28-,29-,30-,31+,32-,33+,34?,35?,36+,37-,38-,39-,40-,41+,42+,43-,44+,45+,46+,47+,48+,49+,50-,51-,52-,53-,54+,55-,56-,57-,58+,59-,60-,61-,65-,66+,67+,68+/m0/s1. The molecule has 5 aliphatic carbocycles. The van der Waals surface area contributed by atoms with E-state index in [2.05, 4.69) is 54.5 Å². The molecule has 0 spiro atoms. The smallest absolute Gasteiger partial charge is 0.317 e. The van der Waals surface area contributed by atoms with Crippen LogP contribution in [-0.2, 0) is 71.1 Å². The molecule has 33 nitrogen and oxygen atoms in total. The van der Waals surface area contributed by atoms with Crippen LogP contribution in [0.4, 0.5) is 0 Å². The van der Waals surface area contributed by atoms with Gasteiger partial charge >= 0.3 is 5.97 Å². The highest BCUT2D eigenvalue weighted by Gasteiger charge is 2.73. The lowest BCUT2D eigenvalue weighted by Gasteiger charge is -2.71. The molecular weight excluding hydrogens is 1340 g/mol. The normalized spacial score (nSPS) is 55.2. The van der Waals surface area contributed by atoms with E-state index in [-0.39, 0.29) is 35.5 Å². The van der Waals surface area contributed by atoms with Gasteiger partial charge in [0.2, 0.25) is 6.29 Å². The second kappa shape index (κ2) is 29.4. The zero-order chi connectivity index (χ0) is 73.4. The van der Waals surface area contributed by atoms with Gasteiger partial charge < -0.3 is 158 Å². The van der Waals surface area contributed by atoms with Crippen molar-refractivity contribution < 1.29 is 163 Å². The van der Waals surface area contributed by atoms with Gasteiger partial charge in [0.15, 0.2) is 43.8 Å². The van der Waals surface area contributed by atoms with Crippen LogP contribution >= 0.6 is 0 Å². The summed E-state index contributed by atoms with van der Waals surface area (Å²) in [6.07, 6.45) is -48.3. The van der Waals surface area contributed by atoms with Crippen molar-refractivity contribution in [2.24, 2.45) is 50.2 Å². The van der Waals surface area contributed by atoms with Crippen LogP contribution in [0, 0.1) is 50.2 Å². The van der Waals surface area contributed by atoms with Gasteiger partial charge in [0.1, 0.15) is 134 Å². The van der Waals surface area contributed by atoms with E-state index < -0.39 is 269 Å². The van der Waals surface area contributed by atoms with Gasteiger partial charge in [-0.3, -0.25) is 4.79 Å². The molecule has 7 aliphatic heterocycles. The van der Waals surface area contributed by atoms with Gasteiger partial charge in [-0.2, -0.15) is 0 Å². The molecule has 11 fully saturated rings. The summed E-state index contributed by atoms with van der Waals surface area (Å²) in [4.78, 5) is 16.1. The van der Waals surface area contributed by atoms with Crippen molar-refractivity contribution in [2.75, 3.05) is 33.0 Å². The summed E-state index contributed by atoms with van der Waals surface area (Å²) < 4.78 is 85.5. The molecule has 0 aromatic carbocycles. The highest BCUT2D eigenvalue weighted by atomic mass is 16.8. The van der Waals surface area contributed by atoms with Gasteiger partial charge in [-0.1, -0.05) is 60.1 Å². The molecule has 7 heterocycles. The number of fused-ring (bicyclic) bond motifs is 7. The molecule has 0 aromatic rings. The molecule has 0 aromatic heterocycles. The highest BCUT2D eigenvalue weighted by molar-refractivity contribution is 5.80. The van der Waals surface area contributed by atoms with Gasteiger partial charge in [-0.25, -0.2) is 0 Å². The Kier molecular flexibility index (Phi) is 22.9. The van der Waals surface area contributed by atoms with Crippen molar-refractivity contribution in [3.63, 3.8) is 0 Å². The molecule has 18 N–H and O–H groups in total. The predicted molar refractivity (Wildman–Crippen MR) is 335 cm³/mol. The number of hydrogen-bond acceptors (Lipinski definition) is 33. The first-order valence-corrected chi connectivity index (χ1v) is 35.8. The number of carbonyl (C=O) groups is 1. The minimum absolute atomic E-state index is 0.0557. The molecule has 2 unspecified atom stereocenters. The van der Waals surface area contributed by atoms with Crippen molar-refractivity contribution in [3.8, 4) is 0 Å². The molecule has 0 bridgehead atoms. The number of aliphatic hydroxyl groups is 18. The zero-order valence-electron chi connectivity index (χ0n) is 58.4. The maximum Gasteiger partial charge on any atom is 0.317 e. The second-order valence-electron chi connectivity index (χ2n) is 33.0. The van der Waals surface area contributed by atoms with Crippen LogP contribution in [0.25, 0.3) is 0 Å². The van der Waals surface area contributed by atoms with Crippen LogP contribution in [-0.4, -0.2) is 334 Å². The first kappa shape index (κ1) is 78.5. The van der Waals surface area contributed by atoms with E-state index in [4.69, 9.17) is 66.3 Å². The third-order valence-electron chi connectivity index (χ3n) is 26.1. The zero-order valence-corrected chi connectivity index (χ0v) is 58.4. The van der Waals surface area contributed by atoms with Crippen molar-refractivity contribution in [3.05, 3.63) is 11.6 Å². The fraction of sp³-hybridized carbons (Fsp3) is 0.956. The number of carbonyl (C=O) groups excluding carboxylic acids is 1. The number of rotatable bonds is 15. The van der Waals surface area contributed by atoms with E-state index in [1.807, 2.05) is 0 Å². The minimum Gasteiger partial charge on any atom is -0.432 e. The largest absolute Gasteiger partial charge is 0.432 e. The molecule has 580 valence electrons. The van der Waals surface area contributed by atoms with Crippen molar-refractivity contribution in [1.29, 1.82) is 0 Å². The maximum absolute atomic E-state index is 16.1. The Bertz CT molecular complexity index is 2880. The number of allylic oxidation sites excluding steroid dienone is 2. The van der Waals surface area contributed by atoms with E-state index in [0.29, 0.717) is 32.1 Å². The molecule has 12 rings (SSSR count). The lowest BCUT2D eigenvalue weighted by molar-refractivity contribution is -0.399. The molecule has 0 radical (unpaired) electrons. The summed E-state index contributed by atoms with van der Waals surface area (Å²) in [6, 6.07) is 0. The average molecular weight is 1460 g/mol. The molecule has 0 amide bonds. The Balaban J connectivity index is 0.839. The first-order chi connectivity index (χ1) is 47.3. The monoisotopic (exact) mass is 1450 g/mol. The van der Waals surface area contributed by atoms with Crippen LogP contribution in [0.1, 0.15) is 120 Å². The Morgan fingerprint density at radius 3 is 1.57 bits per heavy atom. The Morgan fingerprint density at radius 2 is 0.950 bits per heavy atom. The second-order valence-corrected chi connectivity index (χ2v) is 33.0. The Hall–Kier alpha value is -2.03. The lowest BCUT2D eigenvalue weighted by Crippen LogP contribution is -2.69. The molecule has 4 saturated carbocycles. The fourth-order valence-electron chi connectivity index (χ4n) is 19.9.